The van der Waals surface area contributed by atoms with Crippen LogP contribution >= 0.6 is 0 Å². The molecule has 0 heterocycles. The summed E-state index contributed by atoms with van der Waals surface area (Å²) in [6, 6.07) is 2.53. The Labute approximate surface area is 116 Å². The third kappa shape index (κ3) is 3.66. The van der Waals surface area contributed by atoms with Crippen molar-refractivity contribution in [2.75, 3.05) is 6.54 Å². The summed E-state index contributed by atoms with van der Waals surface area (Å²) in [5.74, 6) is -2.53. The lowest BCUT2D eigenvalue weighted by Gasteiger charge is -2.16. The molecule has 0 aromatic heterocycles. The Morgan fingerprint density at radius 3 is 2.55 bits per heavy atom. The van der Waals surface area contributed by atoms with Gasteiger partial charge in [-0.1, -0.05) is 0 Å². The predicted molar refractivity (Wildman–Crippen MR) is 70.4 cm³/mol. The fraction of sp³-hybridized carbons (Fsp3) is 0.500. The van der Waals surface area contributed by atoms with Gasteiger partial charge in [-0.15, -0.1) is 0 Å². The van der Waals surface area contributed by atoms with Crippen LogP contribution in [0.25, 0.3) is 0 Å². The van der Waals surface area contributed by atoms with Gasteiger partial charge in [0.15, 0.2) is 23.5 Å². The van der Waals surface area contributed by atoms with Crippen LogP contribution in [0, 0.1) is 11.6 Å². The van der Waals surface area contributed by atoms with E-state index in [0.29, 0.717) is 18.5 Å². The number of amides is 1. The molecule has 110 valence electrons. The number of hydrogen-bond acceptors (Lipinski definition) is 3. The average Bonchev–Trinajstić information content (AvgIpc) is 3.17. The van der Waals surface area contributed by atoms with Crippen molar-refractivity contribution >= 4 is 5.91 Å². The quantitative estimate of drug-likeness (QED) is 0.832. The molecule has 1 aromatic carbocycles. The first kappa shape index (κ1) is 14.7. The molecule has 0 aliphatic heterocycles. The monoisotopic (exact) mass is 284 g/mol. The molecule has 0 bridgehead atoms. The van der Waals surface area contributed by atoms with Crippen molar-refractivity contribution in [3.05, 3.63) is 29.3 Å². The second kappa shape index (κ2) is 6.17. The van der Waals surface area contributed by atoms with Crippen LogP contribution < -0.4 is 15.8 Å². The number of rotatable bonds is 6. The Hall–Kier alpha value is -1.69. The van der Waals surface area contributed by atoms with Gasteiger partial charge < -0.3 is 15.8 Å². The van der Waals surface area contributed by atoms with Crippen LogP contribution in [0.2, 0.25) is 0 Å². The molecule has 1 saturated carbocycles. The van der Waals surface area contributed by atoms with E-state index in [0.717, 1.165) is 12.8 Å². The van der Waals surface area contributed by atoms with E-state index >= 15 is 0 Å². The first-order valence-electron chi connectivity index (χ1n) is 6.66. The van der Waals surface area contributed by atoms with Gasteiger partial charge in [-0.25, -0.2) is 8.78 Å². The smallest absolute Gasteiger partial charge is 0.261 e. The van der Waals surface area contributed by atoms with Crippen LogP contribution in [-0.4, -0.2) is 24.6 Å². The molecule has 4 nitrogen and oxygen atoms in total. The average molecular weight is 284 g/mol. The van der Waals surface area contributed by atoms with Crippen LogP contribution in [0.1, 0.15) is 25.3 Å². The lowest BCUT2D eigenvalue weighted by atomic mass is 10.1. The molecule has 2 rings (SSSR count). The Kier molecular flexibility index (Phi) is 4.54. The molecular formula is C14H18F2N2O2. The van der Waals surface area contributed by atoms with Gasteiger partial charge in [-0.3, -0.25) is 4.79 Å². The third-order valence-electron chi connectivity index (χ3n) is 3.08. The number of hydrogen-bond donors (Lipinski definition) is 2. The molecule has 1 aromatic rings. The molecule has 3 N–H and O–H groups in total. The number of halogens is 2. The Morgan fingerprint density at radius 2 is 2.05 bits per heavy atom. The summed E-state index contributed by atoms with van der Waals surface area (Å²) >= 11 is 0. The Bertz CT molecular complexity index is 481. The second-order valence-electron chi connectivity index (χ2n) is 4.97. The van der Waals surface area contributed by atoms with Crippen LogP contribution in [0.15, 0.2) is 12.1 Å². The van der Waals surface area contributed by atoms with E-state index in [1.165, 1.54) is 19.1 Å². The second-order valence-corrected chi connectivity index (χ2v) is 4.97. The number of carbonyl (C=O) groups excluding carboxylic acids is 1. The maximum atomic E-state index is 13.8. The summed E-state index contributed by atoms with van der Waals surface area (Å²) in [7, 11) is 0. The fourth-order valence-corrected chi connectivity index (χ4v) is 1.81. The van der Waals surface area contributed by atoms with Crippen molar-refractivity contribution in [3.8, 4) is 5.75 Å². The summed E-state index contributed by atoms with van der Waals surface area (Å²) in [4.78, 5) is 11.7. The van der Waals surface area contributed by atoms with E-state index in [1.54, 1.807) is 0 Å². The van der Waals surface area contributed by atoms with Gasteiger partial charge >= 0.3 is 0 Å². The minimum Gasteiger partial charge on any atom is -0.475 e. The third-order valence-corrected chi connectivity index (χ3v) is 3.08. The summed E-state index contributed by atoms with van der Waals surface area (Å²) < 4.78 is 32.7. The van der Waals surface area contributed by atoms with Gasteiger partial charge in [-0.2, -0.15) is 0 Å². The zero-order valence-electron chi connectivity index (χ0n) is 11.3. The van der Waals surface area contributed by atoms with Crippen molar-refractivity contribution in [1.82, 2.24) is 5.32 Å². The lowest BCUT2D eigenvalue weighted by Crippen LogP contribution is -2.37. The molecular weight excluding hydrogens is 266 g/mol. The van der Waals surface area contributed by atoms with E-state index in [1.807, 2.05) is 0 Å². The number of carbonyl (C=O) groups is 1. The topological polar surface area (TPSA) is 64.3 Å². The SMILES string of the molecule is CC(Oc1c(F)cc(CCN)cc1F)C(=O)NC1CC1. The highest BCUT2D eigenvalue weighted by Crippen LogP contribution is 2.25. The van der Waals surface area contributed by atoms with Crippen LogP contribution in [0.5, 0.6) is 5.75 Å². The molecule has 1 amide bonds. The standard InChI is InChI=1S/C14H18F2N2O2/c1-8(14(19)18-10-2-3-10)20-13-11(15)6-9(4-5-17)7-12(13)16/h6-8,10H,2-5,17H2,1H3,(H,18,19). The van der Waals surface area contributed by atoms with Gasteiger partial charge in [0, 0.05) is 6.04 Å². The molecule has 20 heavy (non-hydrogen) atoms. The number of benzene rings is 1. The molecule has 1 unspecified atom stereocenters. The Balaban J connectivity index is 2.05. The van der Waals surface area contributed by atoms with Crippen molar-refractivity contribution in [2.24, 2.45) is 5.73 Å². The molecule has 1 aliphatic rings. The first-order valence-corrected chi connectivity index (χ1v) is 6.66. The van der Waals surface area contributed by atoms with Crippen LogP contribution in [-0.2, 0) is 11.2 Å². The lowest BCUT2D eigenvalue weighted by molar-refractivity contribution is -0.127. The number of nitrogens with two attached hydrogens (primary N) is 1. The van der Waals surface area contributed by atoms with Crippen molar-refractivity contribution < 1.29 is 18.3 Å². The highest BCUT2D eigenvalue weighted by atomic mass is 19.1. The van der Waals surface area contributed by atoms with Crippen molar-refractivity contribution in [3.63, 3.8) is 0 Å². The maximum Gasteiger partial charge on any atom is 0.261 e. The first-order chi connectivity index (χ1) is 9.51. The van der Waals surface area contributed by atoms with Gasteiger partial charge in [0.1, 0.15) is 0 Å². The fourth-order valence-electron chi connectivity index (χ4n) is 1.81. The van der Waals surface area contributed by atoms with Gasteiger partial charge in [0.2, 0.25) is 0 Å². The van der Waals surface area contributed by atoms with Gasteiger partial charge in [0.05, 0.1) is 0 Å². The predicted octanol–water partition coefficient (Wildman–Crippen LogP) is 1.51. The molecule has 0 spiro atoms. The number of nitrogens with one attached hydrogen (secondary N) is 1. The van der Waals surface area contributed by atoms with E-state index in [9.17, 15) is 13.6 Å². The minimum absolute atomic E-state index is 0.176. The van der Waals surface area contributed by atoms with Gasteiger partial charge in [0.25, 0.3) is 5.91 Å². The van der Waals surface area contributed by atoms with Gasteiger partial charge in [-0.05, 0) is 50.4 Å². The summed E-state index contributed by atoms with van der Waals surface area (Å²) in [6.07, 6.45) is 1.32. The summed E-state index contributed by atoms with van der Waals surface area (Å²) in [5.41, 5.74) is 5.81. The molecule has 6 heteroatoms. The minimum atomic E-state index is -0.944. The summed E-state index contributed by atoms with van der Waals surface area (Å²) in [5, 5.41) is 2.72. The van der Waals surface area contributed by atoms with Crippen LogP contribution in [0.4, 0.5) is 8.78 Å². The van der Waals surface area contributed by atoms with E-state index in [2.05, 4.69) is 5.32 Å². The van der Waals surface area contributed by atoms with Crippen LogP contribution in [0.3, 0.4) is 0 Å². The number of ether oxygens (including phenoxy) is 1. The zero-order chi connectivity index (χ0) is 14.7. The molecule has 0 saturated heterocycles. The van der Waals surface area contributed by atoms with E-state index in [-0.39, 0.29) is 11.9 Å². The van der Waals surface area contributed by atoms with Crippen molar-refractivity contribution in [2.45, 2.75) is 38.3 Å². The Morgan fingerprint density at radius 1 is 1.45 bits per heavy atom. The van der Waals surface area contributed by atoms with E-state index < -0.39 is 23.5 Å². The van der Waals surface area contributed by atoms with E-state index in [4.69, 9.17) is 10.5 Å². The molecule has 0 radical (unpaired) electrons. The van der Waals surface area contributed by atoms with Crippen molar-refractivity contribution in [1.29, 1.82) is 0 Å². The molecule has 1 fully saturated rings. The normalized spacial score (nSPS) is 15.8. The highest BCUT2D eigenvalue weighted by molar-refractivity contribution is 5.81. The summed E-state index contributed by atoms with van der Waals surface area (Å²) in [6.45, 7) is 1.77. The zero-order valence-corrected chi connectivity index (χ0v) is 11.3. The maximum absolute atomic E-state index is 13.8. The largest absolute Gasteiger partial charge is 0.475 e. The highest BCUT2D eigenvalue weighted by Gasteiger charge is 2.27. The molecule has 1 aliphatic carbocycles. The molecule has 1 atom stereocenters.